The van der Waals surface area contributed by atoms with Gasteiger partial charge in [-0.1, -0.05) is 6.92 Å². The summed E-state index contributed by atoms with van der Waals surface area (Å²) in [6, 6.07) is 11.1. The highest BCUT2D eigenvalue weighted by Gasteiger charge is 2.02. The van der Waals surface area contributed by atoms with Crippen LogP contribution in [-0.4, -0.2) is 31.2 Å². The molecule has 0 bridgehead atoms. The Morgan fingerprint density at radius 2 is 1.88 bits per heavy atom. The molecule has 0 radical (unpaired) electrons. The molecule has 6 heteroatoms. The summed E-state index contributed by atoms with van der Waals surface area (Å²) in [5.74, 6) is 2.15. The number of rotatable bonds is 9. The summed E-state index contributed by atoms with van der Waals surface area (Å²) in [5, 5.41) is 5.97. The lowest BCUT2D eigenvalue weighted by molar-refractivity contribution is -0.116. The van der Waals surface area contributed by atoms with Gasteiger partial charge >= 0.3 is 0 Å². The van der Waals surface area contributed by atoms with Crippen LogP contribution in [0.2, 0.25) is 0 Å². The first-order chi connectivity index (χ1) is 11.7. The molecule has 0 spiro atoms. The number of hydrogen-bond acceptors (Lipinski definition) is 5. The Morgan fingerprint density at radius 1 is 1.12 bits per heavy atom. The zero-order valence-electron chi connectivity index (χ0n) is 14.0. The lowest BCUT2D eigenvalue weighted by atomic mass is 10.3. The maximum absolute atomic E-state index is 11.5. The van der Waals surface area contributed by atoms with E-state index in [1.165, 1.54) is 0 Å². The van der Waals surface area contributed by atoms with Crippen LogP contribution in [0.25, 0.3) is 0 Å². The van der Waals surface area contributed by atoms with Gasteiger partial charge in [-0.3, -0.25) is 4.79 Å². The molecule has 24 heavy (non-hydrogen) atoms. The van der Waals surface area contributed by atoms with Crippen molar-refractivity contribution in [3.63, 3.8) is 0 Å². The molecule has 6 nitrogen and oxygen atoms in total. The van der Waals surface area contributed by atoms with E-state index in [1.807, 2.05) is 37.3 Å². The second-order valence-corrected chi connectivity index (χ2v) is 5.18. The molecule has 0 unspecified atom stereocenters. The number of amides is 1. The average Bonchev–Trinajstić information content (AvgIpc) is 2.61. The second-order valence-electron chi connectivity index (χ2n) is 5.18. The Kier molecular flexibility index (Phi) is 6.89. The number of nitrogens with one attached hydrogen (secondary N) is 2. The fourth-order valence-corrected chi connectivity index (χ4v) is 2.04. The van der Waals surface area contributed by atoms with Crippen LogP contribution in [0.3, 0.4) is 0 Å². The number of methoxy groups -OCH3 is 1. The van der Waals surface area contributed by atoms with E-state index >= 15 is 0 Å². The SMILES string of the molecule is CCCC(=O)Nc1ccc(NCCOc2ccc(OC)cc2)cn1. The molecule has 2 rings (SSSR count). The van der Waals surface area contributed by atoms with Gasteiger partial charge < -0.3 is 20.1 Å². The van der Waals surface area contributed by atoms with E-state index in [2.05, 4.69) is 15.6 Å². The first-order valence-corrected chi connectivity index (χ1v) is 7.98. The van der Waals surface area contributed by atoms with Crippen LogP contribution in [0.5, 0.6) is 11.5 Å². The molecule has 0 saturated heterocycles. The molecule has 2 N–H and O–H groups in total. The molecule has 0 aliphatic rings. The molecule has 1 amide bonds. The summed E-state index contributed by atoms with van der Waals surface area (Å²) in [4.78, 5) is 15.7. The van der Waals surface area contributed by atoms with Gasteiger partial charge in [0.05, 0.1) is 19.0 Å². The molecular formula is C18H23N3O3. The first-order valence-electron chi connectivity index (χ1n) is 7.98. The van der Waals surface area contributed by atoms with Gasteiger partial charge in [0.15, 0.2) is 0 Å². The van der Waals surface area contributed by atoms with E-state index in [9.17, 15) is 4.79 Å². The summed E-state index contributed by atoms with van der Waals surface area (Å²) in [5.41, 5.74) is 0.877. The molecule has 1 heterocycles. The maximum atomic E-state index is 11.5. The summed E-state index contributed by atoms with van der Waals surface area (Å²) in [6.45, 7) is 3.14. The molecule has 0 aliphatic heterocycles. The number of benzene rings is 1. The van der Waals surface area contributed by atoms with Gasteiger partial charge in [-0.25, -0.2) is 4.98 Å². The summed E-state index contributed by atoms with van der Waals surface area (Å²) in [6.07, 6.45) is 3.01. The Bertz CT molecular complexity index is 627. The van der Waals surface area contributed by atoms with Crippen molar-refractivity contribution in [1.82, 2.24) is 4.98 Å². The summed E-state index contributed by atoms with van der Waals surface area (Å²) < 4.78 is 10.7. The Morgan fingerprint density at radius 3 is 2.50 bits per heavy atom. The van der Waals surface area contributed by atoms with Crippen molar-refractivity contribution in [3.05, 3.63) is 42.6 Å². The smallest absolute Gasteiger partial charge is 0.225 e. The molecule has 0 saturated carbocycles. The fourth-order valence-electron chi connectivity index (χ4n) is 2.04. The summed E-state index contributed by atoms with van der Waals surface area (Å²) in [7, 11) is 1.63. The van der Waals surface area contributed by atoms with Crippen molar-refractivity contribution >= 4 is 17.4 Å². The zero-order chi connectivity index (χ0) is 17.2. The third kappa shape index (κ3) is 5.79. The van der Waals surface area contributed by atoms with Gasteiger partial charge in [0.2, 0.25) is 5.91 Å². The average molecular weight is 329 g/mol. The van der Waals surface area contributed by atoms with E-state index < -0.39 is 0 Å². The van der Waals surface area contributed by atoms with Crippen LogP contribution in [-0.2, 0) is 4.79 Å². The third-order valence-electron chi connectivity index (χ3n) is 3.27. The highest BCUT2D eigenvalue weighted by Crippen LogP contribution is 2.17. The van der Waals surface area contributed by atoms with E-state index in [1.54, 1.807) is 19.4 Å². The number of aromatic nitrogens is 1. The number of anilines is 2. The largest absolute Gasteiger partial charge is 0.497 e. The minimum Gasteiger partial charge on any atom is -0.497 e. The number of pyridine rings is 1. The number of hydrogen-bond donors (Lipinski definition) is 2. The van der Waals surface area contributed by atoms with Crippen LogP contribution in [0, 0.1) is 0 Å². The molecule has 0 fully saturated rings. The second kappa shape index (κ2) is 9.39. The van der Waals surface area contributed by atoms with Crippen LogP contribution < -0.4 is 20.1 Å². The minimum atomic E-state index is -0.0152. The van der Waals surface area contributed by atoms with Gasteiger partial charge in [0, 0.05) is 13.0 Å². The van der Waals surface area contributed by atoms with E-state index in [0.29, 0.717) is 25.4 Å². The highest BCUT2D eigenvalue weighted by molar-refractivity contribution is 5.89. The van der Waals surface area contributed by atoms with Gasteiger partial charge in [0.25, 0.3) is 0 Å². The van der Waals surface area contributed by atoms with E-state index in [4.69, 9.17) is 9.47 Å². The van der Waals surface area contributed by atoms with Crippen molar-refractivity contribution in [3.8, 4) is 11.5 Å². The lowest BCUT2D eigenvalue weighted by Crippen LogP contribution is -2.13. The normalized spacial score (nSPS) is 10.1. The van der Waals surface area contributed by atoms with Crippen molar-refractivity contribution < 1.29 is 14.3 Å². The third-order valence-corrected chi connectivity index (χ3v) is 3.27. The van der Waals surface area contributed by atoms with Crippen LogP contribution >= 0.6 is 0 Å². The van der Waals surface area contributed by atoms with Crippen LogP contribution in [0.15, 0.2) is 42.6 Å². The van der Waals surface area contributed by atoms with Crippen molar-refractivity contribution in [2.24, 2.45) is 0 Å². The highest BCUT2D eigenvalue weighted by atomic mass is 16.5. The lowest BCUT2D eigenvalue weighted by Gasteiger charge is -2.09. The van der Waals surface area contributed by atoms with Crippen molar-refractivity contribution in [2.75, 3.05) is 30.9 Å². The Hall–Kier alpha value is -2.76. The summed E-state index contributed by atoms with van der Waals surface area (Å²) >= 11 is 0. The molecule has 1 aromatic carbocycles. The van der Waals surface area contributed by atoms with E-state index in [-0.39, 0.29) is 5.91 Å². The standard InChI is InChI=1S/C18H23N3O3/c1-3-4-18(22)21-17-10-5-14(13-20-17)19-11-12-24-16-8-6-15(23-2)7-9-16/h5-10,13,19H,3-4,11-12H2,1-2H3,(H,20,21,22). The molecule has 0 atom stereocenters. The van der Waals surface area contributed by atoms with Gasteiger partial charge in [0.1, 0.15) is 23.9 Å². The topological polar surface area (TPSA) is 72.5 Å². The van der Waals surface area contributed by atoms with Crippen molar-refractivity contribution in [1.29, 1.82) is 0 Å². The monoisotopic (exact) mass is 329 g/mol. The fraction of sp³-hybridized carbons (Fsp3) is 0.333. The molecule has 1 aromatic heterocycles. The zero-order valence-corrected chi connectivity index (χ0v) is 14.0. The van der Waals surface area contributed by atoms with Crippen molar-refractivity contribution in [2.45, 2.75) is 19.8 Å². The van der Waals surface area contributed by atoms with Gasteiger partial charge in [-0.15, -0.1) is 0 Å². The van der Waals surface area contributed by atoms with E-state index in [0.717, 1.165) is 23.6 Å². The molecular weight excluding hydrogens is 306 g/mol. The number of carbonyl (C=O) groups excluding carboxylic acids is 1. The predicted octanol–water partition coefficient (Wildman–Crippen LogP) is 3.32. The first kappa shape index (κ1) is 17.6. The number of ether oxygens (including phenoxy) is 2. The Labute approximate surface area is 142 Å². The molecule has 0 aliphatic carbocycles. The minimum absolute atomic E-state index is 0.0152. The number of carbonyl (C=O) groups is 1. The quantitative estimate of drug-likeness (QED) is 0.691. The molecule has 128 valence electrons. The van der Waals surface area contributed by atoms with Crippen LogP contribution in [0.4, 0.5) is 11.5 Å². The van der Waals surface area contributed by atoms with Gasteiger partial charge in [-0.05, 0) is 42.8 Å². The Balaban J connectivity index is 1.71. The van der Waals surface area contributed by atoms with Crippen LogP contribution in [0.1, 0.15) is 19.8 Å². The maximum Gasteiger partial charge on any atom is 0.225 e. The predicted molar refractivity (Wildman–Crippen MR) is 94.8 cm³/mol. The molecule has 2 aromatic rings. The van der Waals surface area contributed by atoms with Gasteiger partial charge in [-0.2, -0.15) is 0 Å². The number of nitrogens with zero attached hydrogens (tertiary/aromatic N) is 1.